The van der Waals surface area contributed by atoms with Crippen LogP contribution in [0, 0.1) is 5.82 Å². The van der Waals surface area contributed by atoms with Gasteiger partial charge in [0.15, 0.2) is 16.6 Å². The zero-order valence-corrected chi connectivity index (χ0v) is 18.4. The van der Waals surface area contributed by atoms with E-state index in [1.54, 1.807) is 26.2 Å². The lowest BCUT2D eigenvalue weighted by molar-refractivity contribution is -0.122. The summed E-state index contributed by atoms with van der Waals surface area (Å²) in [6.45, 7) is 0.413. The summed E-state index contributed by atoms with van der Waals surface area (Å²) in [5.41, 5.74) is 1.31. The van der Waals surface area contributed by atoms with Crippen molar-refractivity contribution in [3.8, 4) is 11.5 Å². The average molecular weight is 446 g/mol. The highest BCUT2D eigenvalue weighted by atomic mass is 32.1. The van der Waals surface area contributed by atoms with Gasteiger partial charge in [0.2, 0.25) is 5.91 Å². The molecular formula is C22H24FN3O4S. The lowest BCUT2D eigenvalue weighted by atomic mass is 10.1. The maximum atomic E-state index is 13.2. The summed E-state index contributed by atoms with van der Waals surface area (Å²) in [5, 5.41) is 3.27. The molecule has 1 fully saturated rings. The Bertz CT molecular complexity index is 983. The molecule has 0 spiro atoms. The number of methoxy groups -OCH3 is 2. The molecule has 1 heterocycles. The number of hydrogen-bond donors (Lipinski definition) is 1. The third kappa shape index (κ3) is 4.77. The van der Waals surface area contributed by atoms with Crippen LogP contribution in [0.4, 0.5) is 10.1 Å². The van der Waals surface area contributed by atoms with Gasteiger partial charge in [-0.3, -0.25) is 9.59 Å². The van der Waals surface area contributed by atoms with E-state index < -0.39 is 11.9 Å². The zero-order chi connectivity index (χ0) is 22.5. The molecule has 2 aromatic rings. The number of amides is 2. The normalized spacial score (nSPS) is 15.7. The van der Waals surface area contributed by atoms with Crippen LogP contribution in [0.25, 0.3) is 0 Å². The Hall–Kier alpha value is -3.20. The van der Waals surface area contributed by atoms with Gasteiger partial charge in [0.1, 0.15) is 11.9 Å². The van der Waals surface area contributed by atoms with Gasteiger partial charge in [-0.05, 0) is 60.6 Å². The van der Waals surface area contributed by atoms with E-state index in [1.807, 2.05) is 18.2 Å². The largest absolute Gasteiger partial charge is 0.493 e. The summed E-state index contributed by atoms with van der Waals surface area (Å²) < 4.78 is 23.9. The highest BCUT2D eigenvalue weighted by Gasteiger charge is 2.43. The first-order valence-electron chi connectivity index (χ1n) is 9.71. The van der Waals surface area contributed by atoms with Gasteiger partial charge in [0.25, 0.3) is 5.91 Å². The molecule has 1 N–H and O–H groups in total. The van der Waals surface area contributed by atoms with Gasteiger partial charge in [0.05, 0.1) is 26.3 Å². The average Bonchev–Trinajstić information content (AvgIpc) is 3.07. The molecule has 0 aromatic heterocycles. The van der Waals surface area contributed by atoms with Gasteiger partial charge < -0.3 is 19.7 Å². The summed E-state index contributed by atoms with van der Waals surface area (Å²) in [5.74, 6) is 0.0585. The second-order valence-electron chi connectivity index (χ2n) is 6.95. The standard InChI is InChI=1S/C22H24FN3O4S/c1-24-22(31)25(11-10-14-4-9-18(29-2)19(12-14)30-3)17-13-20(27)26(21(17)28)16-7-5-15(23)6-8-16/h4-9,12,17H,10-11,13H2,1-3H3,(H,24,31). The minimum atomic E-state index is -0.738. The number of nitrogens with one attached hydrogen (secondary N) is 1. The Morgan fingerprint density at radius 2 is 1.84 bits per heavy atom. The van der Waals surface area contributed by atoms with Gasteiger partial charge in [-0.1, -0.05) is 6.07 Å². The number of imide groups is 1. The molecular weight excluding hydrogens is 421 g/mol. The minimum Gasteiger partial charge on any atom is -0.493 e. The van der Waals surface area contributed by atoms with E-state index >= 15 is 0 Å². The van der Waals surface area contributed by atoms with Crippen molar-refractivity contribution in [2.75, 3.05) is 32.7 Å². The molecule has 1 aliphatic heterocycles. The molecule has 0 aliphatic carbocycles. The number of rotatable bonds is 7. The van der Waals surface area contributed by atoms with Crippen LogP contribution in [0.1, 0.15) is 12.0 Å². The van der Waals surface area contributed by atoms with Crippen LogP contribution in [0.3, 0.4) is 0 Å². The molecule has 1 atom stereocenters. The van der Waals surface area contributed by atoms with Crippen LogP contribution in [0.15, 0.2) is 42.5 Å². The van der Waals surface area contributed by atoms with Crippen LogP contribution < -0.4 is 19.7 Å². The van der Waals surface area contributed by atoms with E-state index in [-0.39, 0.29) is 18.2 Å². The molecule has 164 valence electrons. The summed E-state index contributed by atoms with van der Waals surface area (Å²) in [7, 11) is 4.81. The molecule has 2 aromatic carbocycles. The molecule has 2 amide bonds. The van der Waals surface area contributed by atoms with E-state index in [2.05, 4.69) is 5.32 Å². The van der Waals surface area contributed by atoms with Gasteiger partial charge in [-0.25, -0.2) is 9.29 Å². The lowest BCUT2D eigenvalue weighted by Gasteiger charge is -2.29. The molecule has 1 saturated heterocycles. The Morgan fingerprint density at radius 3 is 2.45 bits per heavy atom. The highest BCUT2D eigenvalue weighted by Crippen LogP contribution is 2.29. The molecule has 9 heteroatoms. The Morgan fingerprint density at radius 1 is 1.16 bits per heavy atom. The van der Waals surface area contributed by atoms with Crippen LogP contribution in [-0.4, -0.2) is 55.7 Å². The summed E-state index contributed by atoms with van der Waals surface area (Å²) in [4.78, 5) is 28.5. The smallest absolute Gasteiger partial charge is 0.257 e. The van der Waals surface area contributed by atoms with Crippen molar-refractivity contribution in [3.63, 3.8) is 0 Å². The van der Waals surface area contributed by atoms with Crippen molar-refractivity contribution in [3.05, 3.63) is 53.8 Å². The van der Waals surface area contributed by atoms with Gasteiger partial charge in [0, 0.05) is 13.6 Å². The SMILES string of the molecule is CNC(=S)N(CCc1ccc(OC)c(OC)c1)C1CC(=O)N(c2ccc(F)cc2)C1=O. The Balaban J connectivity index is 1.79. The first kappa shape index (κ1) is 22.5. The van der Waals surface area contributed by atoms with Crippen molar-refractivity contribution in [1.82, 2.24) is 10.2 Å². The quantitative estimate of drug-likeness (QED) is 0.519. The van der Waals surface area contributed by atoms with Gasteiger partial charge >= 0.3 is 0 Å². The molecule has 0 saturated carbocycles. The third-order valence-electron chi connectivity index (χ3n) is 5.15. The Labute approximate surface area is 185 Å². The summed E-state index contributed by atoms with van der Waals surface area (Å²) in [6, 6.07) is 10.1. The van der Waals surface area contributed by atoms with Crippen molar-refractivity contribution in [1.29, 1.82) is 0 Å². The van der Waals surface area contributed by atoms with Crippen molar-refractivity contribution < 1.29 is 23.5 Å². The van der Waals surface area contributed by atoms with Crippen LogP contribution >= 0.6 is 12.2 Å². The minimum absolute atomic E-state index is 0.00996. The number of nitrogens with zero attached hydrogens (tertiary/aromatic N) is 2. The first-order valence-corrected chi connectivity index (χ1v) is 10.1. The number of thiocarbonyl (C=S) groups is 1. The lowest BCUT2D eigenvalue weighted by Crippen LogP contribution is -2.49. The van der Waals surface area contributed by atoms with E-state index in [9.17, 15) is 14.0 Å². The molecule has 0 bridgehead atoms. The van der Waals surface area contributed by atoms with Gasteiger partial charge in [-0.2, -0.15) is 0 Å². The number of carbonyl (C=O) groups excluding carboxylic acids is 2. The molecule has 1 aliphatic rings. The van der Waals surface area contributed by atoms with Crippen molar-refractivity contribution in [2.45, 2.75) is 18.9 Å². The fourth-order valence-corrected chi connectivity index (χ4v) is 3.77. The number of carbonyl (C=O) groups is 2. The second kappa shape index (κ2) is 9.74. The summed E-state index contributed by atoms with van der Waals surface area (Å²) in [6.07, 6.45) is 0.556. The molecule has 0 radical (unpaired) electrons. The number of halogens is 1. The molecule has 7 nitrogen and oxygen atoms in total. The monoisotopic (exact) mass is 445 g/mol. The number of ether oxygens (including phenoxy) is 2. The van der Waals surface area contributed by atoms with Gasteiger partial charge in [-0.15, -0.1) is 0 Å². The number of hydrogen-bond acceptors (Lipinski definition) is 5. The topological polar surface area (TPSA) is 71.1 Å². The van der Waals surface area contributed by atoms with E-state index in [0.717, 1.165) is 10.5 Å². The first-order chi connectivity index (χ1) is 14.9. The highest BCUT2D eigenvalue weighted by molar-refractivity contribution is 7.80. The fourth-order valence-electron chi connectivity index (χ4n) is 3.55. The van der Waals surface area contributed by atoms with Crippen molar-refractivity contribution in [2.24, 2.45) is 0 Å². The predicted molar refractivity (Wildman–Crippen MR) is 119 cm³/mol. The van der Waals surface area contributed by atoms with Crippen molar-refractivity contribution >= 4 is 34.8 Å². The van der Waals surface area contributed by atoms with Crippen LogP contribution in [0.5, 0.6) is 11.5 Å². The zero-order valence-electron chi connectivity index (χ0n) is 17.6. The Kier molecular flexibility index (Phi) is 7.06. The number of benzene rings is 2. The maximum Gasteiger partial charge on any atom is 0.257 e. The maximum absolute atomic E-state index is 13.2. The predicted octanol–water partition coefficient (Wildman–Crippen LogP) is 2.52. The van der Waals surface area contributed by atoms with Crippen LogP contribution in [-0.2, 0) is 16.0 Å². The summed E-state index contributed by atoms with van der Waals surface area (Å²) >= 11 is 5.42. The van der Waals surface area contributed by atoms with E-state index in [1.165, 1.54) is 24.3 Å². The fraction of sp³-hybridized carbons (Fsp3) is 0.318. The molecule has 1 unspecified atom stereocenters. The molecule has 3 rings (SSSR count). The van der Waals surface area contributed by atoms with E-state index in [0.29, 0.717) is 35.3 Å². The molecule has 31 heavy (non-hydrogen) atoms. The van der Waals surface area contributed by atoms with Crippen LogP contribution in [0.2, 0.25) is 0 Å². The second-order valence-corrected chi connectivity index (χ2v) is 7.34. The number of anilines is 1. The third-order valence-corrected chi connectivity index (χ3v) is 5.59. The van der Waals surface area contributed by atoms with E-state index in [4.69, 9.17) is 21.7 Å².